The van der Waals surface area contributed by atoms with Gasteiger partial charge >= 0.3 is 6.09 Å². The molecule has 0 saturated carbocycles. The summed E-state index contributed by atoms with van der Waals surface area (Å²) < 4.78 is 25.6. The molecule has 0 unspecified atom stereocenters. The summed E-state index contributed by atoms with van der Waals surface area (Å²) in [6, 6.07) is -0.0800. The number of carbonyl (C=O) groups is 1. The Kier molecular flexibility index (Phi) is 4.97. The Labute approximate surface area is 94.7 Å². The molecule has 0 spiro atoms. The molecule has 0 bridgehead atoms. The molecule has 1 aliphatic rings. The van der Waals surface area contributed by atoms with E-state index in [2.05, 4.69) is 10.0 Å². The molecule has 4 N–H and O–H groups in total. The maximum Gasteiger partial charge on any atom is 0.404 e. The van der Waals surface area contributed by atoms with Gasteiger partial charge in [0.15, 0.2) is 0 Å². The lowest BCUT2D eigenvalue weighted by Gasteiger charge is -2.23. The third-order valence-electron chi connectivity index (χ3n) is 2.29. The Morgan fingerprint density at radius 1 is 1.50 bits per heavy atom. The maximum atomic E-state index is 11.5. The first-order chi connectivity index (χ1) is 7.49. The molecule has 1 heterocycles. The van der Waals surface area contributed by atoms with Crippen LogP contribution in [-0.2, 0) is 10.0 Å². The number of carboxylic acid groups (broad SMARTS) is 1. The van der Waals surface area contributed by atoms with Gasteiger partial charge in [0.1, 0.15) is 0 Å². The minimum Gasteiger partial charge on any atom is -0.465 e. The van der Waals surface area contributed by atoms with Crippen LogP contribution in [0.15, 0.2) is 0 Å². The standard InChI is InChI=1S/C8H17N3O4S/c12-8(13)10-4-5-16(14,15)11-7-2-1-3-9-6-7/h7,9-11H,1-6H2,(H,12,13)/t7-/m0/s1. The van der Waals surface area contributed by atoms with Crippen molar-refractivity contribution in [3.8, 4) is 0 Å². The summed E-state index contributed by atoms with van der Waals surface area (Å²) in [4.78, 5) is 10.1. The average Bonchev–Trinajstić information content (AvgIpc) is 2.17. The third-order valence-corrected chi connectivity index (χ3v) is 3.72. The zero-order chi connectivity index (χ0) is 12.0. The lowest BCUT2D eigenvalue weighted by atomic mass is 10.1. The summed E-state index contributed by atoms with van der Waals surface area (Å²) in [6.45, 7) is 1.45. The predicted octanol–water partition coefficient (Wildman–Crippen LogP) is -1.07. The Bertz CT molecular complexity index is 324. The average molecular weight is 251 g/mol. The third kappa shape index (κ3) is 5.29. The number of rotatable bonds is 5. The van der Waals surface area contributed by atoms with Gasteiger partial charge in [0, 0.05) is 19.1 Å². The molecular formula is C8H17N3O4S. The summed E-state index contributed by atoms with van der Waals surface area (Å²) in [5.74, 6) is -0.226. The minimum atomic E-state index is -3.39. The quantitative estimate of drug-likeness (QED) is 0.497. The van der Waals surface area contributed by atoms with E-state index < -0.39 is 16.1 Å². The normalized spacial score (nSPS) is 21.6. The predicted molar refractivity (Wildman–Crippen MR) is 58.8 cm³/mol. The first-order valence-corrected chi connectivity index (χ1v) is 6.82. The largest absolute Gasteiger partial charge is 0.465 e. The van der Waals surface area contributed by atoms with Gasteiger partial charge in [0.25, 0.3) is 0 Å². The van der Waals surface area contributed by atoms with Crippen LogP contribution in [0.5, 0.6) is 0 Å². The molecule has 0 radical (unpaired) electrons. The van der Waals surface area contributed by atoms with Gasteiger partial charge in [0.2, 0.25) is 10.0 Å². The molecular weight excluding hydrogens is 234 g/mol. The highest BCUT2D eigenvalue weighted by molar-refractivity contribution is 7.89. The summed E-state index contributed by atoms with van der Waals surface area (Å²) in [7, 11) is -3.39. The van der Waals surface area contributed by atoms with E-state index in [1.165, 1.54) is 0 Å². The van der Waals surface area contributed by atoms with Crippen molar-refractivity contribution >= 4 is 16.1 Å². The molecule has 0 aliphatic carbocycles. The summed E-state index contributed by atoms with van der Waals surface area (Å²) in [5.41, 5.74) is 0. The maximum absolute atomic E-state index is 11.5. The lowest BCUT2D eigenvalue weighted by Crippen LogP contribution is -2.47. The van der Waals surface area contributed by atoms with Crippen molar-refractivity contribution < 1.29 is 18.3 Å². The van der Waals surface area contributed by atoms with E-state index in [9.17, 15) is 13.2 Å². The Morgan fingerprint density at radius 3 is 2.81 bits per heavy atom. The number of hydrogen-bond donors (Lipinski definition) is 4. The highest BCUT2D eigenvalue weighted by Gasteiger charge is 2.19. The molecule has 1 saturated heterocycles. The van der Waals surface area contributed by atoms with E-state index in [1.54, 1.807) is 0 Å². The van der Waals surface area contributed by atoms with Gasteiger partial charge in [-0.3, -0.25) is 0 Å². The molecule has 1 fully saturated rings. The van der Waals surface area contributed by atoms with Crippen LogP contribution < -0.4 is 15.4 Å². The van der Waals surface area contributed by atoms with Gasteiger partial charge in [-0.25, -0.2) is 17.9 Å². The zero-order valence-electron chi connectivity index (χ0n) is 8.90. The Morgan fingerprint density at radius 2 is 2.25 bits per heavy atom. The summed E-state index contributed by atoms with van der Waals surface area (Å²) in [5, 5.41) is 13.4. The second-order valence-corrected chi connectivity index (χ2v) is 5.59. The highest BCUT2D eigenvalue weighted by Crippen LogP contribution is 2.02. The smallest absolute Gasteiger partial charge is 0.404 e. The number of sulfonamides is 1. The van der Waals surface area contributed by atoms with Crippen LogP contribution in [0.4, 0.5) is 4.79 Å². The number of piperidine rings is 1. The second kappa shape index (κ2) is 6.02. The van der Waals surface area contributed by atoms with Gasteiger partial charge in [0.05, 0.1) is 5.75 Å². The zero-order valence-corrected chi connectivity index (χ0v) is 9.72. The molecule has 1 atom stereocenters. The fourth-order valence-corrected chi connectivity index (χ4v) is 2.76. The van der Waals surface area contributed by atoms with Gasteiger partial charge < -0.3 is 15.7 Å². The second-order valence-electron chi connectivity index (χ2n) is 3.71. The molecule has 8 heteroatoms. The van der Waals surface area contributed by atoms with Crippen LogP contribution in [0.2, 0.25) is 0 Å². The van der Waals surface area contributed by atoms with E-state index in [1.807, 2.05) is 5.32 Å². The van der Waals surface area contributed by atoms with Crippen molar-refractivity contribution in [2.45, 2.75) is 18.9 Å². The van der Waals surface area contributed by atoms with E-state index in [0.29, 0.717) is 6.54 Å². The molecule has 1 aliphatic heterocycles. The van der Waals surface area contributed by atoms with Gasteiger partial charge in [-0.15, -0.1) is 0 Å². The van der Waals surface area contributed by atoms with Crippen LogP contribution in [0, 0.1) is 0 Å². The number of hydrogen-bond acceptors (Lipinski definition) is 4. The fourth-order valence-electron chi connectivity index (χ4n) is 1.56. The molecule has 7 nitrogen and oxygen atoms in total. The minimum absolute atomic E-state index is 0.0800. The van der Waals surface area contributed by atoms with Crippen molar-refractivity contribution in [3.05, 3.63) is 0 Å². The van der Waals surface area contributed by atoms with Crippen molar-refractivity contribution in [2.75, 3.05) is 25.4 Å². The van der Waals surface area contributed by atoms with Crippen LogP contribution in [0.25, 0.3) is 0 Å². The summed E-state index contributed by atoms with van der Waals surface area (Å²) in [6.07, 6.45) is 0.550. The van der Waals surface area contributed by atoms with Gasteiger partial charge in [-0.05, 0) is 19.4 Å². The van der Waals surface area contributed by atoms with Gasteiger partial charge in [-0.2, -0.15) is 0 Å². The van der Waals surface area contributed by atoms with E-state index in [4.69, 9.17) is 5.11 Å². The SMILES string of the molecule is O=C(O)NCCS(=O)(=O)N[C@H]1CCCNC1. The first kappa shape index (κ1) is 13.2. The fraction of sp³-hybridized carbons (Fsp3) is 0.875. The highest BCUT2D eigenvalue weighted by atomic mass is 32.2. The van der Waals surface area contributed by atoms with Crippen molar-refractivity contribution in [2.24, 2.45) is 0 Å². The molecule has 16 heavy (non-hydrogen) atoms. The first-order valence-electron chi connectivity index (χ1n) is 5.17. The van der Waals surface area contributed by atoms with Crippen LogP contribution >= 0.6 is 0 Å². The number of amides is 1. The van der Waals surface area contributed by atoms with E-state index >= 15 is 0 Å². The van der Waals surface area contributed by atoms with Crippen LogP contribution in [0.1, 0.15) is 12.8 Å². The molecule has 0 aromatic rings. The van der Waals surface area contributed by atoms with E-state index in [0.717, 1.165) is 19.4 Å². The molecule has 0 aromatic heterocycles. The topological polar surface area (TPSA) is 108 Å². The van der Waals surface area contributed by atoms with Crippen molar-refractivity contribution in [3.63, 3.8) is 0 Å². The molecule has 94 valence electrons. The summed E-state index contributed by atoms with van der Waals surface area (Å²) >= 11 is 0. The monoisotopic (exact) mass is 251 g/mol. The molecule has 1 rings (SSSR count). The Hall–Kier alpha value is -0.860. The number of nitrogens with one attached hydrogen (secondary N) is 3. The lowest BCUT2D eigenvalue weighted by molar-refractivity contribution is 0.195. The van der Waals surface area contributed by atoms with Crippen LogP contribution in [0.3, 0.4) is 0 Å². The Balaban J connectivity index is 2.29. The van der Waals surface area contributed by atoms with Crippen LogP contribution in [-0.4, -0.2) is 51.0 Å². The van der Waals surface area contributed by atoms with Gasteiger partial charge in [-0.1, -0.05) is 0 Å². The van der Waals surface area contributed by atoms with Crippen molar-refractivity contribution in [1.29, 1.82) is 0 Å². The van der Waals surface area contributed by atoms with Crippen molar-refractivity contribution in [1.82, 2.24) is 15.4 Å². The molecule has 1 amide bonds. The van der Waals surface area contributed by atoms with E-state index in [-0.39, 0.29) is 18.3 Å². The molecule has 0 aromatic carbocycles.